The number of fused-ring (bicyclic) bond motifs is 1. The van der Waals surface area contributed by atoms with E-state index in [1.165, 1.54) is 24.0 Å². The van der Waals surface area contributed by atoms with Crippen molar-refractivity contribution in [1.29, 1.82) is 0 Å². The zero-order valence-corrected chi connectivity index (χ0v) is 10.4. The number of hydrogen-bond donors (Lipinski definition) is 2. The second-order valence-corrected chi connectivity index (χ2v) is 4.70. The molecular weight excluding hydrogens is 214 g/mol. The molecule has 0 bridgehead atoms. The molecule has 4 heteroatoms. The number of carbonyl (C=O) groups is 1. The van der Waals surface area contributed by atoms with Crippen LogP contribution in [0.4, 0.5) is 0 Å². The molecule has 1 heterocycles. The minimum atomic E-state index is -0.236. The van der Waals surface area contributed by atoms with Gasteiger partial charge < -0.3 is 15.6 Å². The predicted octanol–water partition coefficient (Wildman–Crippen LogP) is 1.35. The minimum Gasteiger partial charge on any atom is -0.370 e. The lowest BCUT2D eigenvalue weighted by Gasteiger charge is -2.22. The Labute approximate surface area is 102 Å². The van der Waals surface area contributed by atoms with Gasteiger partial charge in [0.15, 0.2) is 0 Å². The van der Waals surface area contributed by atoms with Crippen LogP contribution in [-0.2, 0) is 17.8 Å². The Morgan fingerprint density at radius 1 is 1.59 bits per heavy atom. The fourth-order valence-electron chi connectivity index (χ4n) is 2.58. The highest BCUT2D eigenvalue weighted by atomic mass is 16.1. The topological polar surface area (TPSA) is 60.1 Å². The summed E-state index contributed by atoms with van der Waals surface area (Å²) in [4.78, 5) is 10.8. The molecule has 1 amide bonds. The molecule has 17 heavy (non-hydrogen) atoms. The monoisotopic (exact) mass is 235 g/mol. The van der Waals surface area contributed by atoms with Crippen LogP contribution in [0.5, 0.6) is 0 Å². The highest BCUT2D eigenvalue weighted by Crippen LogP contribution is 2.30. The number of aromatic nitrogens is 1. The average molecular weight is 235 g/mol. The number of rotatable bonds is 5. The summed E-state index contributed by atoms with van der Waals surface area (Å²) in [7, 11) is 0. The molecular formula is C13H21N3O. The Morgan fingerprint density at radius 2 is 2.41 bits per heavy atom. The lowest BCUT2D eigenvalue weighted by molar-refractivity contribution is -0.118. The molecule has 1 aliphatic rings. The zero-order chi connectivity index (χ0) is 12.3. The smallest absolute Gasteiger partial charge is 0.219 e. The van der Waals surface area contributed by atoms with Crippen LogP contribution in [0.3, 0.4) is 0 Å². The van der Waals surface area contributed by atoms with Gasteiger partial charge in [-0.05, 0) is 36.9 Å². The number of aryl methyl sites for hydroxylation is 2. The van der Waals surface area contributed by atoms with Crippen LogP contribution in [0.1, 0.15) is 43.4 Å². The van der Waals surface area contributed by atoms with Crippen molar-refractivity contribution in [2.24, 2.45) is 5.73 Å². The van der Waals surface area contributed by atoms with E-state index in [4.69, 9.17) is 5.73 Å². The number of nitrogens with one attached hydrogen (secondary N) is 1. The van der Waals surface area contributed by atoms with Crippen molar-refractivity contribution >= 4 is 5.91 Å². The van der Waals surface area contributed by atoms with E-state index in [2.05, 4.69) is 29.2 Å². The number of carbonyl (C=O) groups excluding carboxylic acids is 1. The highest BCUT2D eigenvalue weighted by molar-refractivity contribution is 5.73. The summed E-state index contributed by atoms with van der Waals surface area (Å²) in [6.45, 7) is 3.83. The third-order valence-corrected chi connectivity index (χ3v) is 3.38. The third-order valence-electron chi connectivity index (χ3n) is 3.38. The van der Waals surface area contributed by atoms with Crippen molar-refractivity contribution in [3.05, 3.63) is 23.5 Å². The van der Waals surface area contributed by atoms with Gasteiger partial charge in [-0.2, -0.15) is 0 Å². The summed E-state index contributed by atoms with van der Waals surface area (Å²) in [5.74, 6) is -0.236. The molecule has 0 spiro atoms. The number of nitrogens with two attached hydrogens (primary N) is 1. The molecule has 0 aromatic carbocycles. The normalized spacial score (nSPS) is 19.0. The van der Waals surface area contributed by atoms with E-state index in [-0.39, 0.29) is 5.91 Å². The second kappa shape index (κ2) is 5.36. The van der Waals surface area contributed by atoms with Gasteiger partial charge in [-0.3, -0.25) is 4.79 Å². The first kappa shape index (κ1) is 12.2. The van der Waals surface area contributed by atoms with Gasteiger partial charge in [0.05, 0.1) is 0 Å². The molecule has 0 fully saturated rings. The van der Waals surface area contributed by atoms with Gasteiger partial charge >= 0.3 is 0 Å². The van der Waals surface area contributed by atoms with Gasteiger partial charge in [-0.15, -0.1) is 0 Å². The third kappa shape index (κ3) is 2.88. The summed E-state index contributed by atoms with van der Waals surface area (Å²) in [5.41, 5.74) is 8.00. The first-order chi connectivity index (χ1) is 8.20. The maximum atomic E-state index is 10.8. The Kier molecular flexibility index (Phi) is 3.84. The minimum absolute atomic E-state index is 0.236. The van der Waals surface area contributed by atoms with Gasteiger partial charge in [-0.1, -0.05) is 6.92 Å². The van der Waals surface area contributed by atoms with Gasteiger partial charge in [0.2, 0.25) is 5.91 Å². The fourth-order valence-corrected chi connectivity index (χ4v) is 2.58. The fraction of sp³-hybridized carbons (Fsp3) is 0.615. The molecule has 1 unspecified atom stereocenters. The van der Waals surface area contributed by atoms with Crippen LogP contribution in [0.15, 0.2) is 12.4 Å². The Balaban J connectivity index is 2.10. The molecule has 1 aliphatic carbocycles. The van der Waals surface area contributed by atoms with E-state index in [1.54, 1.807) is 0 Å². The van der Waals surface area contributed by atoms with Crippen LogP contribution in [0, 0.1) is 0 Å². The molecule has 0 radical (unpaired) electrons. The molecule has 2 rings (SSSR count). The van der Waals surface area contributed by atoms with E-state index < -0.39 is 0 Å². The maximum absolute atomic E-state index is 10.8. The summed E-state index contributed by atoms with van der Waals surface area (Å²) >= 11 is 0. The molecule has 0 aliphatic heterocycles. The van der Waals surface area contributed by atoms with Crippen LogP contribution >= 0.6 is 0 Å². The SMILES string of the molecule is CCNC1CCCc2cn(CCC(N)=O)cc21. The molecule has 0 saturated carbocycles. The summed E-state index contributed by atoms with van der Waals surface area (Å²) in [6.07, 6.45) is 8.36. The molecule has 1 atom stereocenters. The zero-order valence-electron chi connectivity index (χ0n) is 10.4. The van der Waals surface area contributed by atoms with E-state index >= 15 is 0 Å². The van der Waals surface area contributed by atoms with E-state index in [9.17, 15) is 4.79 Å². The molecule has 1 aromatic rings. The standard InChI is InChI=1S/C13H21N3O/c1-2-15-12-5-3-4-10-8-16(9-11(10)12)7-6-13(14)17/h8-9,12,15H,2-7H2,1H3,(H2,14,17). The van der Waals surface area contributed by atoms with E-state index in [0.29, 0.717) is 19.0 Å². The Morgan fingerprint density at radius 3 is 3.12 bits per heavy atom. The average Bonchev–Trinajstić information content (AvgIpc) is 2.71. The second-order valence-electron chi connectivity index (χ2n) is 4.70. The molecule has 94 valence electrons. The predicted molar refractivity (Wildman–Crippen MR) is 67.6 cm³/mol. The van der Waals surface area contributed by atoms with Gasteiger partial charge in [-0.25, -0.2) is 0 Å². The van der Waals surface area contributed by atoms with Crippen molar-refractivity contribution in [2.75, 3.05) is 6.54 Å². The van der Waals surface area contributed by atoms with Crippen LogP contribution < -0.4 is 11.1 Å². The van der Waals surface area contributed by atoms with Crippen molar-refractivity contribution in [2.45, 2.75) is 45.2 Å². The maximum Gasteiger partial charge on any atom is 0.219 e. The number of hydrogen-bond acceptors (Lipinski definition) is 2. The van der Waals surface area contributed by atoms with Crippen molar-refractivity contribution < 1.29 is 4.79 Å². The molecule has 4 nitrogen and oxygen atoms in total. The van der Waals surface area contributed by atoms with Crippen LogP contribution in [0.25, 0.3) is 0 Å². The van der Waals surface area contributed by atoms with Gasteiger partial charge in [0.1, 0.15) is 0 Å². The first-order valence-electron chi connectivity index (χ1n) is 6.41. The number of primary amides is 1. The van der Waals surface area contributed by atoms with Crippen LogP contribution in [-0.4, -0.2) is 17.0 Å². The largest absolute Gasteiger partial charge is 0.370 e. The van der Waals surface area contributed by atoms with Crippen molar-refractivity contribution in [3.63, 3.8) is 0 Å². The highest BCUT2D eigenvalue weighted by Gasteiger charge is 2.21. The summed E-state index contributed by atoms with van der Waals surface area (Å²) in [5, 5.41) is 3.51. The Bertz CT molecular complexity index is 397. The molecule has 0 saturated heterocycles. The van der Waals surface area contributed by atoms with Crippen LogP contribution in [0.2, 0.25) is 0 Å². The lowest BCUT2D eigenvalue weighted by atomic mass is 9.91. The van der Waals surface area contributed by atoms with Gasteiger partial charge in [0, 0.05) is 31.4 Å². The van der Waals surface area contributed by atoms with Gasteiger partial charge in [0.25, 0.3) is 0 Å². The summed E-state index contributed by atoms with van der Waals surface area (Å²) in [6, 6.07) is 0.485. The quantitative estimate of drug-likeness (QED) is 0.809. The van der Waals surface area contributed by atoms with Crippen molar-refractivity contribution in [1.82, 2.24) is 9.88 Å². The molecule has 1 aromatic heterocycles. The number of amides is 1. The molecule has 3 N–H and O–H groups in total. The van der Waals surface area contributed by atoms with E-state index in [1.807, 2.05) is 0 Å². The lowest BCUT2D eigenvalue weighted by Crippen LogP contribution is -2.23. The van der Waals surface area contributed by atoms with Crippen molar-refractivity contribution in [3.8, 4) is 0 Å². The summed E-state index contributed by atoms with van der Waals surface area (Å²) < 4.78 is 2.10. The Hall–Kier alpha value is -1.29. The number of nitrogens with zero attached hydrogens (tertiary/aromatic N) is 1. The first-order valence-corrected chi connectivity index (χ1v) is 6.41. The van der Waals surface area contributed by atoms with E-state index in [0.717, 1.165) is 13.0 Å².